The first-order valence-electron chi connectivity index (χ1n) is 6.98. The number of esters is 2. The highest BCUT2D eigenvalue weighted by molar-refractivity contribution is 5.96. The minimum atomic E-state index is -0.679. The summed E-state index contributed by atoms with van der Waals surface area (Å²) in [6.45, 7) is 3.56. The molecule has 2 rings (SSSR count). The topological polar surface area (TPSA) is 81.7 Å². The Labute approximate surface area is 128 Å². The summed E-state index contributed by atoms with van der Waals surface area (Å²) in [7, 11) is 0. The fourth-order valence-electron chi connectivity index (χ4n) is 2.14. The lowest BCUT2D eigenvalue weighted by Crippen LogP contribution is -2.52. The summed E-state index contributed by atoms with van der Waals surface area (Å²) in [6.07, 6.45) is 0.532. The average Bonchev–Trinajstić information content (AvgIpc) is 2.47. The van der Waals surface area contributed by atoms with Gasteiger partial charge in [-0.1, -0.05) is 18.2 Å². The van der Waals surface area contributed by atoms with Crippen LogP contribution in [0.2, 0.25) is 0 Å². The summed E-state index contributed by atoms with van der Waals surface area (Å²) >= 11 is 0. The number of carbonyl (C=O) groups is 3. The molecule has 116 valence electrons. The lowest BCUT2D eigenvalue weighted by Gasteiger charge is -2.33. The second kappa shape index (κ2) is 6.89. The van der Waals surface area contributed by atoms with Gasteiger partial charge >= 0.3 is 11.9 Å². The van der Waals surface area contributed by atoms with Gasteiger partial charge in [0, 0.05) is 11.8 Å². The van der Waals surface area contributed by atoms with Crippen LogP contribution in [0.25, 0.3) is 0 Å². The Morgan fingerprint density at radius 1 is 1.32 bits per heavy atom. The van der Waals surface area contributed by atoms with Gasteiger partial charge in [-0.25, -0.2) is 9.59 Å². The summed E-state index contributed by atoms with van der Waals surface area (Å²) in [6, 6.07) is 8.50. The van der Waals surface area contributed by atoms with Crippen molar-refractivity contribution in [1.82, 2.24) is 5.32 Å². The van der Waals surface area contributed by atoms with Crippen molar-refractivity contribution in [3.63, 3.8) is 0 Å². The van der Waals surface area contributed by atoms with Crippen molar-refractivity contribution in [2.45, 2.75) is 20.0 Å². The second-order valence-electron chi connectivity index (χ2n) is 4.80. The number of nitrogens with one attached hydrogen (secondary N) is 1. The molecule has 1 aliphatic heterocycles. The minimum absolute atomic E-state index is 0.250. The third kappa shape index (κ3) is 3.52. The van der Waals surface area contributed by atoms with E-state index in [4.69, 9.17) is 9.47 Å². The van der Waals surface area contributed by atoms with Gasteiger partial charge in [0.1, 0.15) is 12.0 Å². The minimum Gasteiger partial charge on any atom is -0.463 e. The number of carbonyl (C=O) groups excluding carboxylic acids is 3. The molecule has 6 nitrogen and oxygen atoms in total. The summed E-state index contributed by atoms with van der Waals surface area (Å²) in [5.74, 6) is -2.01. The highest BCUT2D eigenvalue weighted by atomic mass is 16.5. The monoisotopic (exact) mass is 303 g/mol. The molecule has 0 bridgehead atoms. The standard InChI is InChI=1S/C16H17NO5/c1-3-21-13(18)9-12-14(15(19)17-12)10(2)22-16(20)11-7-5-4-6-8-11/h4-10,14H,3H2,1-2H3,(H,17,19)/b12-9-/t10-,14-/m1/s1. The van der Waals surface area contributed by atoms with Gasteiger partial charge in [0.25, 0.3) is 0 Å². The number of amides is 1. The molecule has 1 fully saturated rings. The van der Waals surface area contributed by atoms with Crippen LogP contribution in [0.15, 0.2) is 42.1 Å². The van der Waals surface area contributed by atoms with Gasteiger partial charge in [0.2, 0.25) is 5.91 Å². The highest BCUT2D eigenvalue weighted by Crippen LogP contribution is 2.25. The van der Waals surface area contributed by atoms with E-state index >= 15 is 0 Å². The molecular weight excluding hydrogens is 286 g/mol. The van der Waals surface area contributed by atoms with Crippen LogP contribution >= 0.6 is 0 Å². The Morgan fingerprint density at radius 2 is 2.00 bits per heavy atom. The Kier molecular flexibility index (Phi) is 4.93. The first-order valence-corrected chi connectivity index (χ1v) is 6.98. The van der Waals surface area contributed by atoms with Crippen molar-refractivity contribution in [3.05, 3.63) is 47.7 Å². The quantitative estimate of drug-likeness (QED) is 0.505. The SMILES string of the molecule is CCOC(=O)/C=C1\NC(=O)[C@@H]1[C@@H](C)OC(=O)c1ccccc1. The number of hydrogen-bond acceptors (Lipinski definition) is 5. The molecule has 0 aromatic heterocycles. The van der Waals surface area contributed by atoms with E-state index in [0.717, 1.165) is 0 Å². The molecule has 1 aromatic carbocycles. The lowest BCUT2D eigenvalue weighted by molar-refractivity contribution is -0.137. The van der Waals surface area contributed by atoms with Gasteiger partial charge in [-0.2, -0.15) is 0 Å². The van der Waals surface area contributed by atoms with Crippen LogP contribution in [0, 0.1) is 5.92 Å². The summed E-state index contributed by atoms with van der Waals surface area (Å²) in [5.41, 5.74) is 0.807. The van der Waals surface area contributed by atoms with Crippen molar-refractivity contribution in [3.8, 4) is 0 Å². The summed E-state index contributed by atoms with van der Waals surface area (Å²) in [4.78, 5) is 35.0. The number of β-lactam (4-membered cyclic amide) rings is 1. The van der Waals surface area contributed by atoms with Crippen LogP contribution in [-0.4, -0.2) is 30.6 Å². The molecule has 0 aliphatic carbocycles. The molecule has 22 heavy (non-hydrogen) atoms. The van der Waals surface area contributed by atoms with Gasteiger partial charge in [0.05, 0.1) is 12.2 Å². The van der Waals surface area contributed by atoms with Crippen molar-refractivity contribution in [1.29, 1.82) is 0 Å². The van der Waals surface area contributed by atoms with Crippen molar-refractivity contribution >= 4 is 17.8 Å². The second-order valence-corrected chi connectivity index (χ2v) is 4.80. The van der Waals surface area contributed by atoms with Gasteiger partial charge in [-0.05, 0) is 26.0 Å². The van der Waals surface area contributed by atoms with Crippen LogP contribution in [0.3, 0.4) is 0 Å². The largest absolute Gasteiger partial charge is 0.463 e. The molecular formula is C16H17NO5. The zero-order valence-electron chi connectivity index (χ0n) is 12.4. The number of benzene rings is 1. The van der Waals surface area contributed by atoms with E-state index in [-0.39, 0.29) is 12.5 Å². The fraction of sp³-hybridized carbons (Fsp3) is 0.312. The normalized spacial score (nSPS) is 19.8. The maximum atomic E-state index is 12.0. The smallest absolute Gasteiger partial charge is 0.338 e. The molecule has 0 radical (unpaired) electrons. The first kappa shape index (κ1) is 15.8. The van der Waals surface area contributed by atoms with E-state index in [1.807, 2.05) is 0 Å². The van der Waals surface area contributed by atoms with Crippen LogP contribution < -0.4 is 5.32 Å². The van der Waals surface area contributed by atoms with Gasteiger partial charge in [-0.15, -0.1) is 0 Å². The van der Waals surface area contributed by atoms with Gasteiger partial charge in [0.15, 0.2) is 0 Å². The first-order chi connectivity index (χ1) is 10.5. The van der Waals surface area contributed by atoms with E-state index in [2.05, 4.69) is 5.32 Å². The highest BCUT2D eigenvalue weighted by Gasteiger charge is 2.41. The molecule has 0 spiro atoms. The Hall–Kier alpha value is -2.63. The zero-order chi connectivity index (χ0) is 16.1. The molecule has 1 aliphatic rings. The maximum absolute atomic E-state index is 12.0. The van der Waals surface area contributed by atoms with Crippen LogP contribution in [0.5, 0.6) is 0 Å². The molecule has 0 saturated carbocycles. The lowest BCUT2D eigenvalue weighted by atomic mass is 9.90. The Balaban J connectivity index is 2.02. The predicted octanol–water partition coefficient (Wildman–Crippen LogP) is 1.42. The van der Waals surface area contributed by atoms with Gasteiger partial charge in [-0.3, -0.25) is 4.79 Å². The Morgan fingerprint density at radius 3 is 2.59 bits per heavy atom. The molecule has 1 aromatic rings. The van der Waals surface area contributed by atoms with E-state index in [9.17, 15) is 14.4 Å². The predicted molar refractivity (Wildman–Crippen MR) is 77.7 cm³/mol. The zero-order valence-corrected chi connectivity index (χ0v) is 12.4. The maximum Gasteiger partial charge on any atom is 0.338 e. The summed E-state index contributed by atoms with van der Waals surface area (Å²) in [5, 5.41) is 2.51. The van der Waals surface area contributed by atoms with Crippen LogP contribution in [-0.2, 0) is 19.1 Å². The van der Waals surface area contributed by atoms with E-state index in [1.165, 1.54) is 6.08 Å². The van der Waals surface area contributed by atoms with Crippen LogP contribution in [0.4, 0.5) is 0 Å². The molecule has 1 heterocycles. The third-order valence-corrected chi connectivity index (χ3v) is 3.22. The Bertz CT molecular complexity index is 608. The third-order valence-electron chi connectivity index (χ3n) is 3.22. The van der Waals surface area contributed by atoms with Crippen molar-refractivity contribution < 1.29 is 23.9 Å². The van der Waals surface area contributed by atoms with Crippen molar-refractivity contribution in [2.24, 2.45) is 5.92 Å². The van der Waals surface area contributed by atoms with E-state index in [0.29, 0.717) is 11.3 Å². The molecule has 2 atom stereocenters. The van der Waals surface area contributed by atoms with Gasteiger partial charge < -0.3 is 14.8 Å². The number of hydrogen-bond donors (Lipinski definition) is 1. The van der Waals surface area contributed by atoms with Crippen molar-refractivity contribution in [2.75, 3.05) is 6.61 Å². The molecule has 0 unspecified atom stereocenters. The van der Waals surface area contributed by atoms with E-state index < -0.39 is 24.0 Å². The average molecular weight is 303 g/mol. The number of ether oxygens (including phenoxy) is 2. The molecule has 1 amide bonds. The van der Waals surface area contributed by atoms with E-state index in [1.54, 1.807) is 44.2 Å². The molecule has 1 N–H and O–H groups in total. The number of rotatable bonds is 5. The fourth-order valence-corrected chi connectivity index (χ4v) is 2.14. The van der Waals surface area contributed by atoms with Crippen LogP contribution in [0.1, 0.15) is 24.2 Å². The molecule has 6 heteroatoms. The summed E-state index contributed by atoms with van der Waals surface area (Å²) < 4.78 is 10.1. The molecule has 1 saturated heterocycles.